The quantitative estimate of drug-likeness (QED) is 0.544. The lowest BCUT2D eigenvalue weighted by molar-refractivity contribution is -0.0167. The van der Waals surface area contributed by atoms with Gasteiger partial charge in [0.2, 0.25) is 0 Å². The summed E-state index contributed by atoms with van der Waals surface area (Å²) in [4.78, 5) is 0. The first-order valence-corrected chi connectivity index (χ1v) is 4.17. The van der Waals surface area contributed by atoms with Crippen molar-refractivity contribution in [3.05, 3.63) is 0 Å². The monoisotopic (exact) mass is 163 g/mol. The molecule has 1 nitrogen and oxygen atoms in total. The SMILES string of the molecule is N#CC1CCSCC1(F)F. The molecule has 1 heterocycles. The van der Waals surface area contributed by atoms with Gasteiger partial charge in [-0.05, 0) is 12.2 Å². The summed E-state index contributed by atoms with van der Waals surface area (Å²) in [6.45, 7) is 0. The van der Waals surface area contributed by atoms with Gasteiger partial charge in [0.1, 0.15) is 5.92 Å². The summed E-state index contributed by atoms with van der Waals surface area (Å²) >= 11 is 1.22. The summed E-state index contributed by atoms with van der Waals surface area (Å²) in [5.74, 6) is -3.30. The fourth-order valence-electron chi connectivity index (χ4n) is 0.880. The van der Waals surface area contributed by atoms with Gasteiger partial charge in [0, 0.05) is 0 Å². The van der Waals surface area contributed by atoms with Crippen molar-refractivity contribution < 1.29 is 8.78 Å². The van der Waals surface area contributed by atoms with Crippen LogP contribution in [0.1, 0.15) is 6.42 Å². The van der Waals surface area contributed by atoms with Crippen LogP contribution >= 0.6 is 11.8 Å². The zero-order valence-electron chi connectivity index (χ0n) is 5.31. The lowest BCUT2D eigenvalue weighted by Crippen LogP contribution is -2.33. The van der Waals surface area contributed by atoms with Crippen molar-refractivity contribution in [1.29, 1.82) is 5.26 Å². The Kier molecular flexibility index (Phi) is 2.14. The van der Waals surface area contributed by atoms with Crippen LogP contribution in [0.2, 0.25) is 0 Å². The first-order chi connectivity index (χ1) is 4.67. The lowest BCUT2D eigenvalue weighted by atomic mass is 10.0. The highest BCUT2D eigenvalue weighted by molar-refractivity contribution is 7.99. The largest absolute Gasteiger partial charge is 0.272 e. The molecule has 0 aromatic heterocycles. The van der Waals surface area contributed by atoms with Gasteiger partial charge in [-0.15, -0.1) is 0 Å². The molecular formula is C6H7F2NS. The standard InChI is InChI=1S/C6H7F2NS/c7-6(8)4-10-2-1-5(6)3-9/h5H,1-2,4H2. The third-order valence-corrected chi connectivity index (χ3v) is 2.62. The van der Waals surface area contributed by atoms with Crippen LogP contribution in [0.5, 0.6) is 0 Å². The molecule has 0 amide bonds. The molecule has 1 atom stereocenters. The molecule has 0 aromatic rings. The number of rotatable bonds is 0. The minimum Gasteiger partial charge on any atom is -0.204 e. The van der Waals surface area contributed by atoms with E-state index in [-0.39, 0.29) is 5.75 Å². The number of nitrogens with zero attached hydrogens (tertiary/aromatic N) is 1. The van der Waals surface area contributed by atoms with Crippen LogP contribution in [0.25, 0.3) is 0 Å². The number of alkyl halides is 2. The van der Waals surface area contributed by atoms with E-state index in [2.05, 4.69) is 0 Å². The van der Waals surface area contributed by atoms with Crippen LogP contribution in [0.4, 0.5) is 8.78 Å². The van der Waals surface area contributed by atoms with Gasteiger partial charge in [-0.1, -0.05) is 0 Å². The van der Waals surface area contributed by atoms with E-state index in [0.717, 1.165) is 0 Å². The second-order valence-corrected chi connectivity index (χ2v) is 3.39. The Morgan fingerprint density at radius 2 is 2.30 bits per heavy atom. The van der Waals surface area contributed by atoms with E-state index in [4.69, 9.17) is 5.26 Å². The third-order valence-electron chi connectivity index (χ3n) is 1.51. The lowest BCUT2D eigenvalue weighted by Gasteiger charge is -2.25. The average molecular weight is 163 g/mol. The predicted octanol–water partition coefficient (Wildman–Crippen LogP) is 1.90. The van der Waals surface area contributed by atoms with Crippen molar-refractivity contribution in [2.75, 3.05) is 11.5 Å². The van der Waals surface area contributed by atoms with E-state index < -0.39 is 11.8 Å². The van der Waals surface area contributed by atoms with Crippen molar-refractivity contribution in [1.82, 2.24) is 0 Å². The molecule has 1 aliphatic heterocycles. The summed E-state index contributed by atoms with van der Waals surface area (Å²) in [7, 11) is 0. The smallest absolute Gasteiger partial charge is 0.204 e. The topological polar surface area (TPSA) is 23.8 Å². The highest BCUT2D eigenvalue weighted by Crippen LogP contribution is 2.35. The summed E-state index contributed by atoms with van der Waals surface area (Å²) in [6, 6.07) is 1.63. The van der Waals surface area contributed by atoms with Gasteiger partial charge in [0.05, 0.1) is 11.8 Å². The zero-order chi connectivity index (χ0) is 7.61. The number of thioether (sulfide) groups is 1. The zero-order valence-corrected chi connectivity index (χ0v) is 6.13. The van der Waals surface area contributed by atoms with E-state index in [1.54, 1.807) is 6.07 Å². The molecule has 1 rings (SSSR count). The minimum absolute atomic E-state index is 0.189. The van der Waals surface area contributed by atoms with Gasteiger partial charge < -0.3 is 0 Å². The van der Waals surface area contributed by atoms with Crippen LogP contribution in [0.15, 0.2) is 0 Å². The second-order valence-electron chi connectivity index (χ2n) is 2.28. The predicted molar refractivity (Wildman–Crippen MR) is 36.0 cm³/mol. The molecule has 0 spiro atoms. The average Bonchev–Trinajstić information content (AvgIpc) is 1.87. The molecule has 0 aromatic carbocycles. The molecule has 56 valence electrons. The Balaban J connectivity index is 2.62. The molecule has 0 N–H and O–H groups in total. The molecule has 1 fully saturated rings. The minimum atomic E-state index is -2.75. The van der Waals surface area contributed by atoms with Gasteiger partial charge in [-0.3, -0.25) is 0 Å². The summed E-state index contributed by atoms with van der Waals surface area (Å²) in [5.41, 5.74) is 0. The Labute approximate surface area is 62.4 Å². The number of hydrogen-bond acceptors (Lipinski definition) is 2. The molecule has 0 radical (unpaired) electrons. The summed E-state index contributed by atoms with van der Waals surface area (Å²) in [6.07, 6.45) is 0.328. The van der Waals surface area contributed by atoms with Crippen molar-refractivity contribution in [3.8, 4) is 6.07 Å². The van der Waals surface area contributed by atoms with Crippen LogP contribution in [-0.4, -0.2) is 17.4 Å². The van der Waals surface area contributed by atoms with E-state index in [9.17, 15) is 8.78 Å². The number of hydrogen-bond donors (Lipinski definition) is 0. The van der Waals surface area contributed by atoms with Crippen LogP contribution in [0, 0.1) is 17.2 Å². The fourth-order valence-corrected chi connectivity index (χ4v) is 1.90. The molecule has 1 unspecified atom stereocenters. The molecule has 0 saturated carbocycles. The third kappa shape index (κ3) is 1.40. The van der Waals surface area contributed by atoms with Gasteiger partial charge >= 0.3 is 0 Å². The van der Waals surface area contributed by atoms with Crippen molar-refractivity contribution in [3.63, 3.8) is 0 Å². The summed E-state index contributed by atoms with van der Waals surface area (Å²) in [5, 5.41) is 8.29. The molecular weight excluding hydrogens is 156 g/mol. The molecule has 1 aliphatic rings. The van der Waals surface area contributed by atoms with Crippen molar-refractivity contribution in [2.45, 2.75) is 12.3 Å². The molecule has 4 heteroatoms. The van der Waals surface area contributed by atoms with Crippen molar-refractivity contribution in [2.24, 2.45) is 5.92 Å². The molecule has 1 saturated heterocycles. The molecule has 0 aliphatic carbocycles. The normalized spacial score (nSPS) is 31.1. The highest BCUT2D eigenvalue weighted by atomic mass is 32.2. The van der Waals surface area contributed by atoms with E-state index in [0.29, 0.717) is 12.2 Å². The van der Waals surface area contributed by atoms with E-state index in [1.165, 1.54) is 11.8 Å². The Morgan fingerprint density at radius 3 is 2.70 bits per heavy atom. The van der Waals surface area contributed by atoms with E-state index >= 15 is 0 Å². The molecule has 10 heavy (non-hydrogen) atoms. The van der Waals surface area contributed by atoms with Gasteiger partial charge in [-0.25, -0.2) is 8.78 Å². The Morgan fingerprint density at radius 1 is 1.60 bits per heavy atom. The van der Waals surface area contributed by atoms with Gasteiger partial charge in [0.25, 0.3) is 5.92 Å². The number of nitriles is 1. The highest BCUT2D eigenvalue weighted by Gasteiger charge is 2.41. The Hall–Kier alpha value is -0.300. The first-order valence-electron chi connectivity index (χ1n) is 3.02. The maximum atomic E-state index is 12.6. The molecule has 0 bridgehead atoms. The maximum absolute atomic E-state index is 12.6. The Bertz CT molecular complexity index is 164. The maximum Gasteiger partial charge on any atom is 0.272 e. The fraction of sp³-hybridized carbons (Fsp3) is 0.833. The first kappa shape index (κ1) is 7.80. The van der Waals surface area contributed by atoms with Crippen LogP contribution in [0.3, 0.4) is 0 Å². The van der Waals surface area contributed by atoms with Crippen molar-refractivity contribution >= 4 is 11.8 Å². The van der Waals surface area contributed by atoms with Gasteiger partial charge in [0.15, 0.2) is 0 Å². The van der Waals surface area contributed by atoms with Crippen LogP contribution < -0.4 is 0 Å². The number of halogens is 2. The summed E-state index contributed by atoms with van der Waals surface area (Å²) < 4.78 is 25.3. The second kappa shape index (κ2) is 2.75. The van der Waals surface area contributed by atoms with E-state index in [1.807, 2.05) is 0 Å². The van der Waals surface area contributed by atoms with Gasteiger partial charge in [-0.2, -0.15) is 17.0 Å². The van der Waals surface area contributed by atoms with Crippen LogP contribution in [-0.2, 0) is 0 Å².